The molecule has 0 fully saturated rings. The fourth-order valence-corrected chi connectivity index (χ4v) is 3.90. The number of thioether (sulfide) groups is 1. The van der Waals surface area contributed by atoms with Crippen molar-refractivity contribution < 1.29 is 31.1 Å². The second kappa shape index (κ2) is 11.4. The minimum atomic E-state index is -4.80. The van der Waals surface area contributed by atoms with E-state index in [4.69, 9.17) is 35.4 Å². The van der Waals surface area contributed by atoms with E-state index in [-0.39, 0.29) is 22.8 Å². The number of ether oxygens (including phenoxy) is 1. The van der Waals surface area contributed by atoms with E-state index in [1.807, 2.05) is 6.92 Å². The van der Waals surface area contributed by atoms with Crippen LogP contribution in [0.25, 0.3) is 0 Å². The number of thiocarbonyl (C=S) groups is 1. The fraction of sp³-hybridized carbons (Fsp3) is 0.263. The van der Waals surface area contributed by atoms with Crippen molar-refractivity contribution in [3.63, 3.8) is 0 Å². The largest absolute Gasteiger partial charge is 0.461 e. The van der Waals surface area contributed by atoms with Gasteiger partial charge in [0, 0.05) is 17.7 Å². The summed E-state index contributed by atoms with van der Waals surface area (Å²) in [6, 6.07) is 5.61. The summed E-state index contributed by atoms with van der Waals surface area (Å²) in [6.07, 6.45) is -9.05. The predicted molar refractivity (Wildman–Crippen MR) is 120 cm³/mol. The van der Waals surface area contributed by atoms with Gasteiger partial charge in [-0.2, -0.15) is 17.6 Å². The van der Waals surface area contributed by atoms with Crippen LogP contribution in [0.2, 0.25) is 10.0 Å². The van der Waals surface area contributed by atoms with Crippen molar-refractivity contribution in [3.05, 3.63) is 57.6 Å². The highest BCUT2D eigenvalue weighted by Gasteiger charge is 2.44. The van der Waals surface area contributed by atoms with Crippen molar-refractivity contribution in [2.75, 3.05) is 11.1 Å². The van der Waals surface area contributed by atoms with Crippen molar-refractivity contribution >= 4 is 63.0 Å². The first-order valence-corrected chi connectivity index (χ1v) is 10.9. The molecule has 0 radical (unpaired) electrons. The van der Waals surface area contributed by atoms with Crippen LogP contribution in [-0.2, 0) is 6.42 Å². The number of hydrogen-bond acceptors (Lipinski definition) is 3. The standard InChI is InChI=1S/C19H14Cl2F6N2OS2/c1-2-32-15(8-10-13(22)4-3-5-14(10)23)29-18(31)28-9-6-11(20)16(12(21)7-9)30-19(26,27)17(24)25/h3-7,17H,2,8H2,1H3,(H,28,31). The number of alkyl halides is 4. The van der Waals surface area contributed by atoms with Crippen molar-refractivity contribution in [1.29, 1.82) is 0 Å². The van der Waals surface area contributed by atoms with Crippen LogP contribution in [-0.4, -0.2) is 28.4 Å². The highest BCUT2D eigenvalue weighted by Crippen LogP contribution is 2.40. The summed E-state index contributed by atoms with van der Waals surface area (Å²) < 4.78 is 82.8. The molecular formula is C19H14Cl2F6N2OS2. The SMILES string of the molecule is CCSC(Cc1c(F)cccc1F)=NC(=S)Nc1cc(Cl)c(OC(F)(F)C(F)F)c(Cl)c1. The molecule has 0 aliphatic rings. The third kappa shape index (κ3) is 7.16. The maximum absolute atomic E-state index is 13.9. The van der Waals surface area contributed by atoms with Gasteiger partial charge in [-0.3, -0.25) is 0 Å². The highest BCUT2D eigenvalue weighted by atomic mass is 35.5. The van der Waals surface area contributed by atoms with E-state index in [0.29, 0.717) is 10.8 Å². The molecule has 0 unspecified atom stereocenters. The van der Waals surface area contributed by atoms with Gasteiger partial charge in [-0.15, -0.1) is 11.8 Å². The third-order valence-corrected chi connectivity index (χ3v) is 5.28. The number of halogens is 8. The Morgan fingerprint density at radius 2 is 1.75 bits per heavy atom. The molecule has 0 spiro atoms. The summed E-state index contributed by atoms with van der Waals surface area (Å²) in [7, 11) is 0. The predicted octanol–water partition coefficient (Wildman–Crippen LogP) is 7.60. The van der Waals surface area contributed by atoms with Crippen molar-refractivity contribution in [2.45, 2.75) is 25.9 Å². The quantitative estimate of drug-likeness (QED) is 0.171. The lowest BCUT2D eigenvalue weighted by Gasteiger charge is -2.19. The molecule has 13 heteroatoms. The minimum Gasteiger partial charge on any atom is -0.425 e. The topological polar surface area (TPSA) is 33.6 Å². The van der Waals surface area contributed by atoms with Gasteiger partial charge in [-0.25, -0.2) is 13.8 Å². The van der Waals surface area contributed by atoms with Crippen molar-refractivity contribution in [2.24, 2.45) is 4.99 Å². The third-order valence-electron chi connectivity index (χ3n) is 3.67. The molecule has 0 heterocycles. The van der Waals surface area contributed by atoms with Crippen LogP contribution in [0, 0.1) is 11.6 Å². The van der Waals surface area contributed by atoms with E-state index < -0.39 is 40.0 Å². The Morgan fingerprint density at radius 3 is 2.25 bits per heavy atom. The molecule has 2 aromatic rings. The molecule has 174 valence electrons. The Morgan fingerprint density at radius 1 is 1.19 bits per heavy atom. The lowest BCUT2D eigenvalue weighted by molar-refractivity contribution is -0.253. The second-order valence-corrected chi connectivity index (χ2v) is 8.52. The van der Waals surface area contributed by atoms with Crippen molar-refractivity contribution in [3.8, 4) is 5.75 Å². The zero-order chi connectivity index (χ0) is 24.1. The number of nitrogens with one attached hydrogen (secondary N) is 1. The second-order valence-electron chi connectivity index (χ2n) is 5.98. The summed E-state index contributed by atoms with van der Waals surface area (Å²) in [5.41, 5.74) is -0.0815. The molecule has 3 nitrogen and oxygen atoms in total. The number of hydrogen-bond donors (Lipinski definition) is 1. The number of rotatable bonds is 7. The van der Waals surface area contributed by atoms with E-state index in [1.165, 1.54) is 17.8 Å². The highest BCUT2D eigenvalue weighted by molar-refractivity contribution is 8.14. The normalized spacial score (nSPS) is 12.2. The van der Waals surface area contributed by atoms with Crippen LogP contribution in [0.4, 0.5) is 32.0 Å². The Labute approximate surface area is 199 Å². The molecule has 1 N–H and O–H groups in total. The maximum atomic E-state index is 13.9. The van der Waals surface area contributed by atoms with Gasteiger partial charge in [0.1, 0.15) is 11.6 Å². The van der Waals surface area contributed by atoms with E-state index in [9.17, 15) is 26.3 Å². The van der Waals surface area contributed by atoms with Crippen LogP contribution < -0.4 is 10.1 Å². The Hall–Kier alpha value is -1.69. The smallest absolute Gasteiger partial charge is 0.425 e. The Kier molecular flexibility index (Phi) is 9.50. The minimum absolute atomic E-state index is 0.0967. The Bertz CT molecular complexity index is 980. The van der Waals surface area contributed by atoms with Gasteiger partial charge in [-0.05, 0) is 42.2 Å². The van der Waals surface area contributed by atoms with Gasteiger partial charge in [0.2, 0.25) is 0 Å². The van der Waals surface area contributed by atoms with E-state index in [0.717, 1.165) is 24.3 Å². The monoisotopic (exact) mass is 534 g/mol. The van der Waals surface area contributed by atoms with Crippen LogP contribution in [0.15, 0.2) is 35.3 Å². The first-order valence-electron chi connectivity index (χ1n) is 8.72. The summed E-state index contributed by atoms with van der Waals surface area (Å²) in [6.45, 7) is 1.81. The average molecular weight is 535 g/mol. The lowest BCUT2D eigenvalue weighted by Crippen LogP contribution is -2.33. The van der Waals surface area contributed by atoms with Crippen LogP contribution in [0.1, 0.15) is 12.5 Å². The van der Waals surface area contributed by atoms with Crippen LogP contribution in [0.5, 0.6) is 5.75 Å². The lowest BCUT2D eigenvalue weighted by atomic mass is 10.1. The molecule has 0 aliphatic heterocycles. The molecule has 0 aliphatic carbocycles. The average Bonchev–Trinajstić information content (AvgIpc) is 2.67. The van der Waals surface area contributed by atoms with E-state index in [2.05, 4.69) is 15.0 Å². The maximum Gasteiger partial charge on any atom is 0.461 e. The number of nitrogens with zero attached hydrogens (tertiary/aromatic N) is 1. The summed E-state index contributed by atoms with van der Waals surface area (Å²) >= 11 is 18.0. The molecule has 0 amide bonds. The zero-order valence-corrected chi connectivity index (χ0v) is 19.2. The van der Waals surface area contributed by atoms with E-state index >= 15 is 0 Å². The molecule has 2 aromatic carbocycles. The Balaban J connectivity index is 2.22. The van der Waals surface area contributed by atoms with Crippen LogP contribution >= 0.6 is 47.2 Å². The van der Waals surface area contributed by atoms with Gasteiger partial charge in [0.25, 0.3) is 0 Å². The first kappa shape index (κ1) is 26.6. The molecule has 0 saturated heterocycles. The summed E-state index contributed by atoms with van der Waals surface area (Å²) in [4.78, 5) is 4.13. The number of aliphatic imine (C=N–C) groups is 1. The van der Waals surface area contributed by atoms with Gasteiger partial charge in [0.15, 0.2) is 10.9 Å². The molecule has 0 aromatic heterocycles. The van der Waals surface area contributed by atoms with Crippen molar-refractivity contribution in [1.82, 2.24) is 0 Å². The molecule has 32 heavy (non-hydrogen) atoms. The molecule has 0 saturated carbocycles. The summed E-state index contributed by atoms with van der Waals surface area (Å²) in [5, 5.41) is 1.82. The van der Waals surface area contributed by atoms with Crippen LogP contribution in [0.3, 0.4) is 0 Å². The fourth-order valence-electron chi connectivity index (χ4n) is 2.32. The number of anilines is 1. The van der Waals surface area contributed by atoms with Gasteiger partial charge < -0.3 is 10.1 Å². The molecular weight excluding hydrogens is 521 g/mol. The molecule has 0 bridgehead atoms. The van der Waals surface area contributed by atoms with Gasteiger partial charge >= 0.3 is 12.5 Å². The number of benzene rings is 2. The molecule has 0 atom stereocenters. The zero-order valence-electron chi connectivity index (χ0n) is 16.1. The van der Waals surface area contributed by atoms with Gasteiger partial charge in [0.05, 0.1) is 15.1 Å². The molecule has 2 rings (SSSR count). The summed E-state index contributed by atoms with van der Waals surface area (Å²) in [5.74, 6) is -1.76. The van der Waals surface area contributed by atoms with E-state index in [1.54, 1.807) is 0 Å². The van der Waals surface area contributed by atoms with Gasteiger partial charge in [-0.1, -0.05) is 36.2 Å². The first-order chi connectivity index (χ1) is 14.9.